The second kappa shape index (κ2) is 7.43. The highest BCUT2D eigenvalue weighted by molar-refractivity contribution is 7.89. The Balaban J connectivity index is 2.23. The summed E-state index contributed by atoms with van der Waals surface area (Å²) >= 11 is 0. The minimum absolute atomic E-state index is 0.0781. The Hall–Kier alpha value is -2.45. The number of hydrazone groups is 1. The van der Waals surface area contributed by atoms with Gasteiger partial charge in [0.05, 0.1) is 23.4 Å². The summed E-state index contributed by atoms with van der Waals surface area (Å²) in [6.45, 7) is 7.36. The van der Waals surface area contributed by atoms with Gasteiger partial charge in [-0.2, -0.15) is 13.5 Å². The van der Waals surface area contributed by atoms with E-state index in [-0.39, 0.29) is 28.2 Å². The molecule has 0 amide bonds. The molecule has 140 valence electrons. The molecule has 26 heavy (non-hydrogen) atoms. The number of sulfonamides is 1. The number of pyridine rings is 1. The monoisotopic (exact) mass is 377 g/mol. The van der Waals surface area contributed by atoms with Crippen molar-refractivity contribution in [1.29, 1.82) is 0 Å². The fraction of sp³-hybridized carbons (Fsp3) is 0.333. The fourth-order valence-electron chi connectivity index (χ4n) is 2.27. The van der Waals surface area contributed by atoms with E-state index in [1.165, 1.54) is 18.3 Å². The molecule has 0 aliphatic heterocycles. The van der Waals surface area contributed by atoms with Crippen LogP contribution in [-0.2, 0) is 22.0 Å². The molecular formula is C18H23N3O4S. The van der Waals surface area contributed by atoms with Crippen LogP contribution in [-0.4, -0.2) is 29.8 Å². The molecule has 0 aliphatic rings. The van der Waals surface area contributed by atoms with Gasteiger partial charge in [-0.3, -0.25) is 4.98 Å². The number of aryl methyl sites for hydroxylation is 1. The van der Waals surface area contributed by atoms with E-state index in [1.807, 2.05) is 20.8 Å². The molecule has 3 N–H and O–H groups in total. The van der Waals surface area contributed by atoms with Crippen LogP contribution in [0.2, 0.25) is 0 Å². The second-order valence-corrected chi connectivity index (χ2v) is 8.58. The predicted octanol–water partition coefficient (Wildman–Crippen LogP) is 2.20. The number of aromatic hydroxyl groups is 1. The molecule has 0 atom stereocenters. The molecule has 0 fully saturated rings. The molecule has 2 rings (SSSR count). The summed E-state index contributed by atoms with van der Waals surface area (Å²) in [5, 5.41) is 23.0. The Kier molecular flexibility index (Phi) is 5.68. The number of nitrogens with one attached hydrogen (secondary N) is 1. The molecule has 0 aliphatic carbocycles. The van der Waals surface area contributed by atoms with Crippen LogP contribution >= 0.6 is 0 Å². The first-order chi connectivity index (χ1) is 12.1. The number of hydrogen-bond donors (Lipinski definition) is 3. The van der Waals surface area contributed by atoms with Gasteiger partial charge in [-0.1, -0.05) is 32.9 Å². The molecule has 7 nitrogen and oxygen atoms in total. The van der Waals surface area contributed by atoms with Crippen LogP contribution in [0.15, 0.2) is 40.5 Å². The van der Waals surface area contributed by atoms with Crippen LogP contribution in [0.25, 0.3) is 0 Å². The Morgan fingerprint density at radius 3 is 2.38 bits per heavy atom. The van der Waals surface area contributed by atoms with Crippen molar-refractivity contribution in [3.05, 3.63) is 52.8 Å². The van der Waals surface area contributed by atoms with Gasteiger partial charge >= 0.3 is 0 Å². The third kappa shape index (κ3) is 4.39. The third-order valence-electron chi connectivity index (χ3n) is 3.93. The fourth-order valence-corrected chi connectivity index (χ4v) is 3.06. The van der Waals surface area contributed by atoms with Crippen molar-refractivity contribution >= 4 is 16.2 Å². The van der Waals surface area contributed by atoms with Gasteiger partial charge in [0.25, 0.3) is 10.0 Å². The average Bonchev–Trinajstić information content (AvgIpc) is 2.58. The van der Waals surface area contributed by atoms with Crippen molar-refractivity contribution in [2.24, 2.45) is 5.10 Å². The van der Waals surface area contributed by atoms with Gasteiger partial charge in [0.15, 0.2) is 0 Å². The number of aliphatic hydroxyl groups excluding tert-OH is 1. The summed E-state index contributed by atoms with van der Waals surface area (Å²) in [6.07, 6.45) is 2.55. The van der Waals surface area contributed by atoms with Crippen molar-refractivity contribution in [1.82, 2.24) is 9.82 Å². The Bertz CT molecular complexity index is 915. The number of nitrogens with zero attached hydrogens (tertiary/aromatic N) is 2. The van der Waals surface area contributed by atoms with E-state index in [4.69, 9.17) is 0 Å². The SMILES string of the molecule is Cc1ncc(CO)c(/C=N\NS(=O)(=O)c2ccc(C(C)(C)C)cc2)c1O. The largest absolute Gasteiger partial charge is 0.505 e. The summed E-state index contributed by atoms with van der Waals surface area (Å²) in [5.41, 5.74) is 1.84. The van der Waals surface area contributed by atoms with Crippen LogP contribution in [0, 0.1) is 6.92 Å². The topological polar surface area (TPSA) is 112 Å². The van der Waals surface area contributed by atoms with Crippen molar-refractivity contribution in [3.63, 3.8) is 0 Å². The van der Waals surface area contributed by atoms with Crippen LogP contribution in [0.1, 0.15) is 43.2 Å². The van der Waals surface area contributed by atoms with Gasteiger partial charge in [0.2, 0.25) is 0 Å². The lowest BCUT2D eigenvalue weighted by molar-refractivity contribution is 0.280. The molecule has 0 saturated carbocycles. The zero-order valence-electron chi connectivity index (χ0n) is 15.2. The number of hydrogen-bond acceptors (Lipinski definition) is 6. The summed E-state index contributed by atoms with van der Waals surface area (Å²) < 4.78 is 24.7. The lowest BCUT2D eigenvalue weighted by Crippen LogP contribution is -2.19. The molecule has 0 unspecified atom stereocenters. The summed E-state index contributed by atoms with van der Waals surface area (Å²) in [4.78, 5) is 6.12. The third-order valence-corrected chi connectivity index (χ3v) is 5.16. The number of benzene rings is 1. The van der Waals surface area contributed by atoms with E-state index >= 15 is 0 Å². The first-order valence-electron chi connectivity index (χ1n) is 8.00. The molecule has 0 radical (unpaired) electrons. The maximum atomic E-state index is 12.3. The van der Waals surface area contributed by atoms with Crippen molar-refractivity contribution in [2.45, 2.75) is 44.6 Å². The maximum absolute atomic E-state index is 12.3. The standard InChI is InChI=1S/C18H23N3O4S/c1-12-17(23)16(13(11-22)9-19-12)10-20-21-26(24,25)15-7-5-14(6-8-15)18(2,3)4/h5-10,21-23H,11H2,1-4H3/b20-10-. The molecule has 2 aromatic rings. The molecular weight excluding hydrogens is 354 g/mol. The lowest BCUT2D eigenvalue weighted by Gasteiger charge is -2.19. The summed E-state index contributed by atoms with van der Waals surface area (Å²) in [6, 6.07) is 6.57. The maximum Gasteiger partial charge on any atom is 0.276 e. The lowest BCUT2D eigenvalue weighted by atomic mass is 9.87. The van der Waals surface area contributed by atoms with Gasteiger partial charge in [-0.15, -0.1) is 0 Å². The Morgan fingerprint density at radius 2 is 1.85 bits per heavy atom. The molecule has 0 saturated heterocycles. The van der Waals surface area contributed by atoms with E-state index < -0.39 is 10.0 Å². The van der Waals surface area contributed by atoms with Crippen molar-refractivity contribution in [2.75, 3.05) is 0 Å². The van der Waals surface area contributed by atoms with E-state index in [0.29, 0.717) is 11.3 Å². The Labute approximate surface area is 153 Å². The van der Waals surface area contributed by atoms with Gasteiger partial charge < -0.3 is 10.2 Å². The molecule has 0 bridgehead atoms. The normalized spacial score (nSPS) is 12.5. The smallest absolute Gasteiger partial charge is 0.276 e. The first kappa shape index (κ1) is 19.9. The molecule has 1 aromatic carbocycles. The van der Waals surface area contributed by atoms with Crippen LogP contribution in [0.3, 0.4) is 0 Å². The highest BCUT2D eigenvalue weighted by atomic mass is 32.2. The van der Waals surface area contributed by atoms with Gasteiger partial charge in [0, 0.05) is 17.3 Å². The first-order valence-corrected chi connectivity index (χ1v) is 9.48. The number of rotatable bonds is 5. The minimum Gasteiger partial charge on any atom is -0.505 e. The molecule has 0 spiro atoms. The molecule has 1 heterocycles. The second-order valence-electron chi connectivity index (χ2n) is 6.92. The molecule has 1 aromatic heterocycles. The van der Waals surface area contributed by atoms with Gasteiger partial charge in [-0.25, -0.2) is 4.83 Å². The van der Waals surface area contributed by atoms with Gasteiger partial charge in [-0.05, 0) is 30.0 Å². The quantitative estimate of drug-likeness (QED) is 0.546. The number of aliphatic hydroxyl groups is 1. The number of aromatic nitrogens is 1. The van der Waals surface area contributed by atoms with E-state index in [2.05, 4.69) is 14.9 Å². The van der Waals surface area contributed by atoms with E-state index in [1.54, 1.807) is 19.1 Å². The zero-order valence-corrected chi connectivity index (χ0v) is 16.0. The van der Waals surface area contributed by atoms with Crippen molar-refractivity contribution < 1.29 is 18.6 Å². The summed E-state index contributed by atoms with van der Waals surface area (Å²) in [7, 11) is -3.84. The average molecular weight is 377 g/mol. The van der Waals surface area contributed by atoms with Crippen LogP contribution < -0.4 is 4.83 Å². The minimum atomic E-state index is -3.84. The van der Waals surface area contributed by atoms with E-state index in [0.717, 1.165) is 11.8 Å². The Morgan fingerprint density at radius 1 is 1.23 bits per heavy atom. The zero-order chi connectivity index (χ0) is 19.5. The van der Waals surface area contributed by atoms with E-state index in [9.17, 15) is 18.6 Å². The summed E-state index contributed by atoms with van der Waals surface area (Å²) in [5.74, 6) is -0.158. The predicted molar refractivity (Wildman–Crippen MR) is 99.6 cm³/mol. The highest BCUT2D eigenvalue weighted by Crippen LogP contribution is 2.24. The van der Waals surface area contributed by atoms with Gasteiger partial charge in [0.1, 0.15) is 5.75 Å². The van der Waals surface area contributed by atoms with Crippen LogP contribution in [0.5, 0.6) is 5.75 Å². The highest BCUT2D eigenvalue weighted by Gasteiger charge is 2.17. The van der Waals surface area contributed by atoms with Crippen LogP contribution in [0.4, 0.5) is 0 Å². The molecule has 8 heteroatoms. The van der Waals surface area contributed by atoms with Crippen molar-refractivity contribution in [3.8, 4) is 5.75 Å².